The third kappa shape index (κ3) is 2.42. The molecule has 1 atom stereocenters. The van der Waals surface area contributed by atoms with Crippen molar-refractivity contribution in [3.63, 3.8) is 0 Å². The van der Waals surface area contributed by atoms with Gasteiger partial charge in [-0.25, -0.2) is 14.4 Å². The van der Waals surface area contributed by atoms with Gasteiger partial charge in [-0.3, -0.25) is 4.90 Å². The fraction of sp³-hybridized carbons (Fsp3) is 0.692. The Labute approximate surface area is 112 Å². The van der Waals surface area contributed by atoms with Crippen LogP contribution >= 0.6 is 0 Å². The Hall–Kier alpha value is -1.27. The largest absolute Gasteiger partial charge is 0.378 e. The van der Waals surface area contributed by atoms with Gasteiger partial charge in [-0.1, -0.05) is 6.92 Å². The number of nitrogens with zero attached hydrogens (tertiary/aromatic N) is 4. The van der Waals surface area contributed by atoms with Gasteiger partial charge < -0.3 is 9.64 Å². The molecule has 0 bridgehead atoms. The molecule has 104 valence electrons. The molecular formula is C13H19FN4O. The predicted molar refractivity (Wildman–Crippen MR) is 69.8 cm³/mol. The maximum Gasteiger partial charge on any atom is 0.187 e. The second-order valence-corrected chi connectivity index (χ2v) is 5.02. The molecule has 2 aliphatic rings. The first-order valence-corrected chi connectivity index (χ1v) is 6.85. The Morgan fingerprint density at radius 2 is 2.26 bits per heavy atom. The van der Waals surface area contributed by atoms with Crippen LogP contribution in [0.1, 0.15) is 12.6 Å². The molecule has 6 heteroatoms. The predicted octanol–water partition coefficient (Wildman–Crippen LogP) is 0.699. The molecular weight excluding hydrogens is 247 g/mol. The van der Waals surface area contributed by atoms with Gasteiger partial charge in [0.1, 0.15) is 6.33 Å². The van der Waals surface area contributed by atoms with Crippen molar-refractivity contribution in [2.24, 2.45) is 0 Å². The van der Waals surface area contributed by atoms with Gasteiger partial charge in [0, 0.05) is 26.2 Å². The summed E-state index contributed by atoms with van der Waals surface area (Å²) in [6.45, 7) is 6.94. The number of ether oxygens (including phenoxy) is 1. The van der Waals surface area contributed by atoms with Crippen LogP contribution in [-0.2, 0) is 11.2 Å². The van der Waals surface area contributed by atoms with E-state index < -0.39 is 0 Å². The lowest BCUT2D eigenvalue weighted by Gasteiger charge is -2.44. The van der Waals surface area contributed by atoms with E-state index >= 15 is 0 Å². The van der Waals surface area contributed by atoms with Crippen LogP contribution in [0.25, 0.3) is 0 Å². The van der Waals surface area contributed by atoms with Crippen molar-refractivity contribution >= 4 is 5.82 Å². The van der Waals surface area contributed by atoms with E-state index in [1.807, 2.05) is 11.8 Å². The summed E-state index contributed by atoms with van der Waals surface area (Å²) < 4.78 is 19.8. The van der Waals surface area contributed by atoms with E-state index in [-0.39, 0.29) is 5.82 Å². The number of fused-ring (bicyclic) bond motifs is 1. The van der Waals surface area contributed by atoms with Crippen LogP contribution < -0.4 is 4.90 Å². The van der Waals surface area contributed by atoms with E-state index in [9.17, 15) is 4.39 Å². The zero-order valence-electron chi connectivity index (χ0n) is 11.2. The van der Waals surface area contributed by atoms with Gasteiger partial charge in [0.15, 0.2) is 11.6 Å². The van der Waals surface area contributed by atoms with Crippen molar-refractivity contribution < 1.29 is 9.13 Å². The summed E-state index contributed by atoms with van der Waals surface area (Å²) >= 11 is 0. The molecule has 0 radical (unpaired) electrons. The highest BCUT2D eigenvalue weighted by atomic mass is 19.1. The van der Waals surface area contributed by atoms with Crippen molar-refractivity contribution in [1.82, 2.24) is 14.9 Å². The second-order valence-electron chi connectivity index (χ2n) is 5.02. The Bertz CT molecular complexity index is 456. The van der Waals surface area contributed by atoms with Crippen molar-refractivity contribution in [1.29, 1.82) is 0 Å². The third-order valence-corrected chi connectivity index (χ3v) is 3.92. The molecule has 3 heterocycles. The van der Waals surface area contributed by atoms with E-state index in [2.05, 4.69) is 14.9 Å². The van der Waals surface area contributed by atoms with Gasteiger partial charge in [-0.2, -0.15) is 0 Å². The minimum atomic E-state index is -0.268. The number of aromatic nitrogens is 2. The van der Waals surface area contributed by atoms with Crippen molar-refractivity contribution in [3.8, 4) is 0 Å². The van der Waals surface area contributed by atoms with Crippen LogP contribution in [0.3, 0.4) is 0 Å². The number of hydrogen-bond donors (Lipinski definition) is 0. The minimum absolute atomic E-state index is 0.268. The van der Waals surface area contributed by atoms with Gasteiger partial charge in [-0.05, 0) is 6.42 Å². The van der Waals surface area contributed by atoms with Crippen molar-refractivity contribution in [2.75, 3.05) is 44.3 Å². The first-order chi connectivity index (χ1) is 9.29. The van der Waals surface area contributed by atoms with Gasteiger partial charge in [-0.15, -0.1) is 0 Å². The maximum atomic E-state index is 14.3. The SMILES string of the molecule is CCc1ncnc(N2CCN3CCOCC3C2)c1F. The van der Waals surface area contributed by atoms with E-state index in [4.69, 9.17) is 4.74 Å². The monoisotopic (exact) mass is 266 g/mol. The summed E-state index contributed by atoms with van der Waals surface area (Å²) in [6.07, 6.45) is 2.05. The molecule has 1 aromatic heterocycles. The zero-order valence-corrected chi connectivity index (χ0v) is 11.2. The fourth-order valence-electron chi connectivity index (χ4n) is 2.80. The van der Waals surface area contributed by atoms with Crippen LogP contribution in [0.15, 0.2) is 6.33 Å². The first kappa shape index (κ1) is 12.7. The van der Waals surface area contributed by atoms with Crippen LogP contribution in [0.2, 0.25) is 0 Å². The summed E-state index contributed by atoms with van der Waals surface area (Å²) in [4.78, 5) is 12.6. The van der Waals surface area contributed by atoms with Crippen LogP contribution in [0.4, 0.5) is 10.2 Å². The number of aryl methyl sites for hydroxylation is 1. The molecule has 0 saturated carbocycles. The average molecular weight is 266 g/mol. The highest BCUT2D eigenvalue weighted by Crippen LogP contribution is 2.22. The first-order valence-electron chi connectivity index (χ1n) is 6.85. The summed E-state index contributed by atoms with van der Waals surface area (Å²) in [6, 6.07) is 0.349. The second kappa shape index (κ2) is 5.38. The summed E-state index contributed by atoms with van der Waals surface area (Å²) in [7, 11) is 0. The normalized spacial score (nSPS) is 24.3. The molecule has 0 amide bonds. The maximum absolute atomic E-state index is 14.3. The fourth-order valence-corrected chi connectivity index (χ4v) is 2.80. The van der Waals surface area contributed by atoms with E-state index in [0.717, 1.165) is 39.4 Å². The number of piperazine rings is 1. The van der Waals surface area contributed by atoms with Gasteiger partial charge in [0.25, 0.3) is 0 Å². The molecule has 3 rings (SSSR count). The number of rotatable bonds is 2. The summed E-state index contributed by atoms with van der Waals surface area (Å²) in [5.74, 6) is 0.173. The molecule has 0 spiro atoms. The molecule has 19 heavy (non-hydrogen) atoms. The highest BCUT2D eigenvalue weighted by molar-refractivity contribution is 5.42. The molecule has 1 unspecified atom stereocenters. The smallest absolute Gasteiger partial charge is 0.187 e. The Morgan fingerprint density at radius 3 is 3.11 bits per heavy atom. The average Bonchev–Trinajstić information content (AvgIpc) is 2.47. The number of hydrogen-bond acceptors (Lipinski definition) is 5. The third-order valence-electron chi connectivity index (χ3n) is 3.92. The van der Waals surface area contributed by atoms with Gasteiger partial charge in [0.05, 0.1) is 24.9 Å². The molecule has 5 nitrogen and oxygen atoms in total. The van der Waals surface area contributed by atoms with E-state index in [1.165, 1.54) is 6.33 Å². The Kier molecular flexibility index (Phi) is 3.61. The number of halogens is 1. The van der Waals surface area contributed by atoms with E-state index in [0.29, 0.717) is 24.0 Å². The lowest BCUT2D eigenvalue weighted by Crippen LogP contribution is -2.58. The molecule has 0 N–H and O–H groups in total. The molecule has 0 aromatic carbocycles. The Balaban J connectivity index is 1.79. The number of anilines is 1. The van der Waals surface area contributed by atoms with Gasteiger partial charge in [0.2, 0.25) is 0 Å². The lowest BCUT2D eigenvalue weighted by molar-refractivity contribution is -0.0118. The molecule has 1 aromatic rings. The molecule has 2 saturated heterocycles. The van der Waals surface area contributed by atoms with Crippen molar-refractivity contribution in [3.05, 3.63) is 17.8 Å². The topological polar surface area (TPSA) is 41.5 Å². The molecule has 2 aliphatic heterocycles. The standard InChI is InChI=1S/C13H19FN4O/c1-2-11-12(14)13(16-9-15-11)18-4-3-17-5-6-19-8-10(17)7-18/h9-10H,2-8H2,1H3. The van der Waals surface area contributed by atoms with Crippen LogP contribution in [-0.4, -0.2) is 60.3 Å². The highest BCUT2D eigenvalue weighted by Gasteiger charge is 2.31. The van der Waals surface area contributed by atoms with Gasteiger partial charge >= 0.3 is 0 Å². The zero-order chi connectivity index (χ0) is 13.2. The van der Waals surface area contributed by atoms with Crippen LogP contribution in [0.5, 0.6) is 0 Å². The van der Waals surface area contributed by atoms with Crippen molar-refractivity contribution in [2.45, 2.75) is 19.4 Å². The number of morpholine rings is 1. The Morgan fingerprint density at radius 1 is 1.37 bits per heavy atom. The quantitative estimate of drug-likeness (QED) is 0.788. The summed E-state index contributed by atoms with van der Waals surface area (Å²) in [5, 5.41) is 0. The summed E-state index contributed by atoms with van der Waals surface area (Å²) in [5.41, 5.74) is 0.493. The van der Waals surface area contributed by atoms with E-state index in [1.54, 1.807) is 0 Å². The molecule has 0 aliphatic carbocycles. The lowest BCUT2D eigenvalue weighted by atomic mass is 10.1. The molecule has 2 fully saturated rings. The minimum Gasteiger partial charge on any atom is -0.378 e. The van der Waals surface area contributed by atoms with Crippen LogP contribution in [0, 0.1) is 5.82 Å².